The van der Waals surface area contributed by atoms with Crippen molar-refractivity contribution >= 4 is 52.8 Å². The van der Waals surface area contributed by atoms with E-state index in [1.54, 1.807) is 36.4 Å². The Bertz CT molecular complexity index is 1470. The second kappa shape index (κ2) is 11.8. The number of anilines is 1. The van der Waals surface area contributed by atoms with Gasteiger partial charge in [-0.1, -0.05) is 66.5 Å². The molecule has 10 heteroatoms. The number of hydrogen-bond acceptors (Lipinski definition) is 5. The van der Waals surface area contributed by atoms with Crippen LogP contribution in [-0.2, 0) is 22.6 Å². The normalized spacial score (nSPS) is 13.8. The van der Waals surface area contributed by atoms with Crippen LogP contribution >= 0.6 is 23.2 Å². The fraction of sp³-hybridized carbons (Fsp3) is 0.143. The van der Waals surface area contributed by atoms with Crippen LogP contribution in [0, 0.1) is 11.3 Å². The smallest absolute Gasteiger partial charge is 0.329 e. The summed E-state index contributed by atoms with van der Waals surface area (Å²) in [6.07, 6.45) is 2.13. The molecule has 1 fully saturated rings. The highest BCUT2D eigenvalue weighted by Gasteiger charge is 2.35. The first-order valence-corrected chi connectivity index (χ1v) is 12.4. The molecule has 4 amide bonds. The van der Waals surface area contributed by atoms with Crippen molar-refractivity contribution in [2.45, 2.75) is 20.0 Å². The molecule has 38 heavy (non-hydrogen) atoms. The van der Waals surface area contributed by atoms with Gasteiger partial charge in [0.1, 0.15) is 18.8 Å². The molecule has 0 radical (unpaired) electrons. The van der Waals surface area contributed by atoms with Crippen molar-refractivity contribution in [3.8, 4) is 11.8 Å². The van der Waals surface area contributed by atoms with Gasteiger partial charge in [0, 0.05) is 11.3 Å². The van der Waals surface area contributed by atoms with Crippen LogP contribution in [0.15, 0.2) is 66.4 Å². The van der Waals surface area contributed by atoms with Gasteiger partial charge in [-0.3, -0.25) is 9.59 Å². The summed E-state index contributed by atoms with van der Waals surface area (Å²) in [6, 6.07) is 18.8. The number of aryl methyl sites for hydroxylation is 1. The van der Waals surface area contributed by atoms with Gasteiger partial charge in [-0.15, -0.1) is 0 Å². The van der Waals surface area contributed by atoms with Crippen LogP contribution in [0.4, 0.5) is 10.5 Å². The number of rotatable bonds is 8. The Balaban J connectivity index is 1.45. The third kappa shape index (κ3) is 5.97. The second-order valence-corrected chi connectivity index (χ2v) is 9.12. The number of benzene rings is 3. The molecule has 1 aliphatic rings. The van der Waals surface area contributed by atoms with Crippen molar-refractivity contribution < 1.29 is 19.1 Å². The Morgan fingerprint density at radius 3 is 2.42 bits per heavy atom. The molecular formula is C28H22Cl2N4O4. The van der Waals surface area contributed by atoms with E-state index < -0.39 is 24.4 Å². The van der Waals surface area contributed by atoms with Crippen molar-refractivity contribution in [3.63, 3.8) is 0 Å². The van der Waals surface area contributed by atoms with Crippen LogP contribution in [0.5, 0.6) is 5.75 Å². The fourth-order valence-electron chi connectivity index (χ4n) is 3.87. The molecule has 1 saturated heterocycles. The first kappa shape index (κ1) is 26.7. The minimum Gasteiger partial charge on any atom is -0.486 e. The zero-order valence-electron chi connectivity index (χ0n) is 20.3. The number of para-hydroxylation sites is 1. The summed E-state index contributed by atoms with van der Waals surface area (Å²) in [5, 5.41) is 14.8. The van der Waals surface area contributed by atoms with Gasteiger partial charge >= 0.3 is 6.03 Å². The van der Waals surface area contributed by atoms with Gasteiger partial charge in [0.15, 0.2) is 5.75 Å². The monoisotopic (exact) mass is 548 g/mol. The average Bonchev–Trinajstić information content (AvgIpc) is 3.15. The zero-order valence-corrected chi connectivity index (χ0v) is 21.8. The van der Waals surface area contributed by atoms with E-state index in [4.69, 9.17) is 27.9 Å². The van der Waals surface area contributed by atoms with Crippen LogP contribution in [0.25, 0.3) is 6.08 Å². The van der Waals surface area contributed by atoms with Gasteiger partial charge in [0.05, 0.1) is 21.7 Å². The zero-order chi connectivity index (χ0) is 27.2. The van der Waals surface area contributed by atoms with Crippen LogP contribution in [0.1, 0.15) is 29.2 Å². The van der Waals surface area contributed by atoms with Crippen LogP contribution in [0.2, 0.25) is 10.0 Å². The van der Waals surface area contributed by atoms with Crippen molar-refractivity contribution in [2.24, 2.45) is 0 Å². The maximum absolute atomic E-state index is 12.9. The highest BCUT2D eigenvalue weighted by atomic mass is 35.5. The third-order valence-corrected chi connectivity index (χ3v) is 6.34. The number of imide groups is 1. The molecule has 0 atom stereocenters. The van der Waals surface area contributed by atoms with Crippen molar-refractivity contribution in [1.82, 2.24) is 10.2 Å². The molecule has 4 rings (SSSR count). The number of hydrogen-bond donors (Lipinski definition) is 2. The van der Waals surface area contributed by atoms with Crippen LogP contribution in [0.3, 0.4) is 0 Å². The summed E-state index contributed by atoms with van der Waals surface area (Å²) < 4.78 is 5.76. The first-order chi connectivity index (χ1) is 18.3. The lowest BCUT2D eigenvalue weighted by Gasteiger charge is -2.13. The van der Waals surface area contributed by atoms with E-state index in [1.807, 2.05) is 19.1 Å². The predicted octanol–water partition coefficient (Wildman–Crippen LogP) is 5.54. The SMILES string of the molecule is CCc1ccccc1NC(=O)CN1C(=O)N/C(=C/c2cc(Cl)c(OCc3ccccc3C#N)c(Cl)c2)C1=O. The molecule has 0 spiro atoms. The minimum absolute atomic E-state index is 0.0273. The largest absolute Gasteiger partial charge is 0.486 e. The Kier molecular flexibility index (Phi) is 8.31. The highest BCUT2D eigenvalue weighted by molar-refractivity contribution is 6.37. The molecule has 3 aromatic rings. The molecule has 3 aromatic carbocycles. The molecule has 0 unspecified atom stereocenters. The van der Waals surface area contributed by atoms with Gasteiger partial charge in [0.2, 0.25) is 5.91 Å². The molecule has 0 bridgehead atoms. The van der Waals surface area contributed by atoms with Gasteiger partial charge < -0.3 is 15.4 Å². The number of urea groups is 1. The maximum atomic E-state index is 12.9. The van der Waals surface area contributed by atoms with Crippen molar-refractivity contribution in [3.05, 3.63) is 98.7 Å². The van der Waals surface area contributed by atoms with E-state index in [0.717, 1.165) is 10.5 Å². The molecule has 0 aromatic heterocycles. The van der Waals surface area contributed by atoms with Gasteiger partial charge in [-0.2, -0.15) is 5.26 Å². The van der Waals surface area contributed by atoms with Crippen molar-refractivity contribution in [1.29, 1.82) is 5.26 Å². The first-order valence-electron chi connectivity index (χ1n) is 11.6. The minimum atomic E-state index is -0.714. The number of ether oxygens (including phenoxy) is 1. The Hall–Kier alpha value is -4.32. The van der Waals surface area contributed by atoms with E-state index in [2.05, 4.69) is 16.7 Å². The summed E-state index contributed by atoms with van der Waals surface area (Å²) in [7, 11) is 0. The van der Waals surface area contributed by atoms with Crippen LogP contribution in [-0.4, -0.2) is 29.3 Å². The van der Waals surface area contributed by atoms with Gasteiger partial charge in [-0.25, -0.2) is 9.69 Å². The lowest BCUT2D eigenvalue weighted by atomic mass is 10.1. The molecular weight excluding hydrogens is 527 g/mol. The molecule has 0 saturated carbocycles. The molecule has 8 nitrogen and oxygen atoms in total. The number of amides is 4. The number of nitrogens with one attached hydrogen (secondary N) is 2. The maximum Gasteiger partial charge on any atom is 0.329 e. The number of carbonyl (C=O) groups excluding carboxylic acids is 3. The summed E-state index contributed by atoms with van der Waals surface area (Å²) in [4.78, 5) is 38.7. The van der Waals surface area contributed by atoms with E-state index in [1.165, 1.54) is 18.2 Å². The van der Waals surface area contributed by atoms with E-state index in [9.17, 15) is 19.6 Å². The van der Waals surface area contributed by atoms with E-state index in [-0.39, 0.29) is 28.1 Å². The Labute approximate surface area is 229 Å². The predicted molar refractivity (Wildman–Crippen MR) is 145 cm³/mol. The van der Waals surface area contributed by atoms with Crippen LogP contribution < -0.4 is 15.4 Å². The lowest BCUT2D eigenvalue weighted by molar-refractivity contribution is -0.127. The Morgan fingerprint density at radius 1 is 1.08 bits per heavy atom. The van der Waals surface area contributed by atoms with Gasteiger partial charge in [-0.05, 0) is 47.9 Å². The average molecular weight is 549 g/mol. The molecule has 192 valence electrons. The molecule has 2 N–H and O–H groups in total. The second-order valence-electron chi connectivity index (χ2n) is 8.31. The number of halogens is 2. The number of nitrogens with zero attached hydrogens (tertiary/aromatic N) is 2. The summed E-state index contributed by atoms with van der Waals surface area (Å²) in [5.41, 5.74) is 3.14. The van der Waals surface area contributed by atoms with E-state index in [0.29, 0.717) is 28.8 Å². The number of carbonyl (C=O) groups is 3. The van der Waals surface area contributed by atoms with E-state index >= 15 is 0 Å². The summed E-state index contributed by atoms with van der Waals surface area (Å²) in [6.45, 7) is 1.60. The highest BCUT2D eigenvalue weighted by Crippen LogP contribution is 2.35. The van der Waals surface area contributed by atoms with Crippen molar-refractivity contribution in [2.75, 3.05) is 11.9 Å². The number of nitriles is 1. The molecule has 1 aliphatic heterocycles. The standard InChI is InChI=1S/C28H22Cl2N4O4/c1-2-18-7-5-6-10-23(18)32-25(35)15-34-27(36)24(33-28(34)37)13-17-11-21(29)26(22(30)12-17)38-16-20-9-4-3-8-19(20)14-31/h3-13H,2,15-16H2,1H3,(H,32,35)(H,33,37)/b24-13+. The summed E-state index contributed by atoms with van der Waals surface area (Å²) >= 11 is 12.8. The topological polar surface area (TPSA) is 112 Å². The summed E-state index contributed by atoms with van der Waals surface area (Å²) in [5.74, 6) is -0.938. The Morgan fingerprint density at radius 2 is 1.74 bits per heavy atom. The quantitative estimate of drug-likeness (QED) is 0.283. The lowest BCUT2D eigenvalue weighted by Crippen LogP contribution is -2.38. The van der Waals surface area contributed by atoms with Gasteiger partial charge in [0.25, 0.3) is 5.91 Å². The fourth-order valence-corrected chi connectivity index (χ4v) is 4.48. The third-order valence-electron chi connectivity index (χ3n) is 5.78. The molecule has 1 heterocycles. The molecule has 0 aliphatic carbocycles.